The molecule has 2 aliphatic carbocycles. The summed E-state index contributed by atoms with van der Waals surface area (Å²) in [5.41, 5.74) is 23.3. The Balaban J connectivity index is 1.29. The fraction of sp³-hybridized carbons (Fsp3) is 0.375. The summed E-state index contributed by atoms with van der Waals surface area (Å²) in [6.45, 7) is 23.7. The van der Waals surface area contributed by atoms with Gasteiger partial charge in [0.15, 0.2) is 11.5 Å². The molecule has 0 bridgehead atoms. The van der Waals surface area contributed by atoms with Crippen LogP contribution in [-0.2, 0) is 31.1 Å². The van der Waals surface area contributed by atoms with Gasteiger partial charge in [-0.1, -0.05) is 72.7 Å². The molecule has 0 aromatic heterocycles. The first-order valence-electron chi connectivity index (χ1n) is 19.6. The molecule has 0 fully saturated rings. The van der Waals surface area contributed by atoms with E-state index in [4.69, 9.17) is 9.47 Å². The highest BCUT2D eigenvalue weighted by molar-refractivity contribution is 7.00. The van der Waals surface area contributed by atoms with Crippen molar-refractivity contribution in [3.63, 3.8) is 0 Å². The van der Waals surface area contributed by atoms with Crippen molar-refractivity contribution in [2.45, 2.75) is 100 Å². The first-order chi connectivity index (χ1) is 25.0. The topological polar surface area (TPSA) is 24.9 Å². The molecule has 0 spiro atoms. The van der Waals surface area contributed by atoms with Crippen LogP contribution in [0.25, 0.3) is 0 Å². The number of benzene rings is 5. The lowest BCUT2D eigenvalue weighted by molar-refractivity contribution is 0.174. The zero-order valence-corrected chi connectivity index (χ0v) is 33.2. The van der Waals surface area contributed by atoms with Crippen LogP contribution in [0.1, 0.15) is 93.0 Å². The maximum Gasteiger partial charge on any atom is 0.252 e. The lowest BCUT2D eigenvalue weighted by Gasteiger charge is -2.45. The van der Waals surface area contributed by atoms with Gasteiger partial charge in [0.25, 0.3) is 6.71 Å². The molecule has 5 aromatic carbocycles. The molecule has 0 amide bonds. The van der Waals surface area contributed by atoms with Crippen LogP contribution in [-0.4, -0.2) is 13.5 Å². The average Bonchev–Trinajstić information content (AvgIpc) is 3.74. The second kappa shape index (κ2) is 10.7. The molecule has 4 nitrogen and oxygen atoms in total. The van der Waals surface area contributed by atoms with Gasteiger partial charge in [-0.05, 0) is 160 Å². The number of rotatable bonds is 2. The maximum atomic E-state index is 6.14. The molecule has 3 heterocycles. The Morgan fingerprint density at radius 2 is 1.13 bits per heavy atom. The summed E-state index contributed by atoms with van der Waals surface area (Å²) in [5, 5.41) is 0. The molecule has 0 unspecified atom stereocenters. The third kappa shape index (κ3) is 4.95. The Labute approximate surface area is 316 Å². The average molecular weight is 699 g/mol. The summed E-state index contributed by atoms with van der Waals surface area (Å²) >= 11 is 0. The first-order valence-corrected chi connectivity index (χ1v) is 19.6. The van der Waals surface area contributed by atoms with E-state index in [1.807, 2.05) is 0 Å². The van der Waals surface area contributed by atoms with Crippen LogP contribution >= 0.6 is 0 Å². The molecule has 53 heavy (non-hydrogen) atoms. The molecule has 0 N–H and O–H groups in total. The summed E-state index contributed by atoms with van der Waals surface area (Å²) in [6.07, 6.45) is 4.45. The highest BCUT2D eigenvalue weighted by atomic mass is 16.7. The van der Waals surface area contributed by atoms with Crippen molar-refractivity contribution in [1.29, 1.82) is 0 Å². The maximum absolute atomic E-state index is 6.14. The molecule has 5 aliphatic rings. The molecular formula is C48H51BN2O2. The quantitative estimate of drug-likeness (QED) is 0.168. The minimum Gasteiger partial charge on any atom is -0.454 e. The largest absolute Gasteiger partial charge is 0.454 e. The fourth-order valence-electron chi connectivity index (χ4n) is 10.5. The van der Waals surface area contributed by atoms with Crippen LogP contribution in [0.5, 0.6) is 11.5 Å². The van der Waals surface area contributed by atoms with Crippen molar-refractivity contribution in [1.82, 2.24) is 0 Å². The summed E-state index contributed by atoms with van der Waals surface area (Å²) in [5.74, 6) is 1.66. The molecule has 268 valence electrons. The normalized spacial score (nSPS) is 18.1. The van der Waals surface area contributed by atoms with Gasteiger partial charge >= 0.3 is 0 Å². The van der Waals surface area contributed by atoms with Gasteiger partial charge in [0, 0.05) is 34.5 Å². The molecule has 0 radical (unpaired) electrons. The first kappa shape index (κ1) is 33.0. The SMILES string of the molecule is Cc1cc2c3c(c1)N(c1c(C)cc(C(C)(C)C)cc1C)c1cc4c(cc1B3c1cc3c(cc1N2c1ccc2c(c1)CC(C)(C)C2)CC(C)(C)C3)OCO4. The van der Waals surface area contributed by atoms with E-state index >= 15 is 0 Å². The van der Waals surface area contributed by atoms with Crippen molar-refractivity contribution in [2.75, 3.05) is 16.6 Å². The highest BCUT2D eigenvalue weighted by Crippen LogP contribution is 2.50. The third-order valence-electron chi connectivity index (χ3n) is 12.7. The monoisotopic (exact) mass is 698 g/mol. The molecule has 5 heteroatoms. The summed E-state index contributed by atoms with van der Waals surface area (Å²) in [7, 11) is 0. The second-order valence-corrected chi connectivity index (χ2v) is 19.5. The van der Waals surface area contributed by atoms with Crippen molar-refractivity contribution in [3.8, 4) is 11.5 Å². The van der Waals surface area contributed by atoms with Gasteiger partial charge in [0.05, 0.1) is 5.69 Å². The second-order valence-electron chi connectivity index (χ2n) is 19.5. The van der Waals surface area contributed by atoms with E-state index in [2.05, 4.69) is 146 Å². The van der Waals surface area contributed by atoms with E-state index in [9.17, 15) is 0 Å². The number of aryl methyl sites for hydroxylation is 3. The van der Waals surface area contributed by atoms with Crippen molar-refractivity contribution in [2.24, 2.45) is 10.8 Å². The molecule has 0 saturated carbocycles. The van der Waals surface area contributed by atoms with Crippen LogP contribution in [0.3, 0.4) is 0 Å². The van der Waals surface area contributed by atoms with Gasteiger partial charge in [-0.25, -0.2) is 0 Å². The number of hydrogen-bond donors (Lipinski definition) is 0. The van der Waals surface area contributed by atoms with Gasteiger partial charge in [0.2, 0.25) is 6.79 Å². The smallest absolute Gasteiger partial charge is 0.252 e. The third-order valence-corrected chi connectivity index (χ3v) is 12.7. The van der Waals surface area contributed by atoms with Gasteiger partial charge in [-0.15, -0.1) is 0 Å². The van der Waals surface area contributed by atoms with Crippen molar-refractivity contribution >= 4 is 57.2 Å². The van der Waals surface area contributed by atoms with Gasteiger partial charge in [0.1, 0.15) is 0 Å². The van der Waals surface area contributed by atoms with Gasteiger partial charge < -0.3 is 19.3 Å². The molecule has 10 rings (SSSR count). The molecular weight excluding hydrogens is 647 g/mol. The van der Waals surface area contributed by atoms with E-state index < -0.39 is 0 Å². The molecule has 0 saturated heterocycles. The molecule has 3 aliphatic heterocycles. The van der Waals surface area contributed by atoms with Crippen molar-refractivity contribution < 1.29 is 9.47 Å². The minimum absolute atomic E-state index is 0.0458. The Hall–Kier alpha value is -4.64. The summed E-state index contributed by atoms with van der Waals surface area (Å²) < 4.78 is 12.3. The summed E-state index contributed by atoms with van der Waals surface area (Å²) in [4.78, 5) is 5.18. The number of anilines is 6. The zero-order valence-electron chi connectivity index (χ0n) is 33.2. The Morgan fingerprint density at radius 1 is 0.585 bits per heavy atom. The number of ether oxygens (including phenoxy) is 2. The number of hydrogen-bond acceptors (Lipinski definition) is 4. The fourth-order valence-corrected chi connectivity index (χ4v) is 10.5. The van der Waals surface area contributed by atoms with E-state index in [0.29, 0.717) is 0 Å². The molecule has 0 atom stereocenters. The van der Waals surface area contributed by atoms with Crippen LogP contribution in [0.15, 0.2) is 66.7 Å². The van der Waals surface area contributed by atoms with Crippen LogP contribution in [0, 0.1) is 31.6 Å². The number of fused-ring (bicyclic) bond motifs is 7. The van der Waals surface area contributed by atoms with Crippen LogP contribution in [0.4, 0.5) is 34.1 Å². The lowest BCUT2D eigenvalue weighted by Crippen LogP contribution is -2.61. The summed E-state index contributed by atoms with van der Waals surface area (Å²) in [6, 6.07) is 26.7. The Kier molecular flexibility index (Phi) is 6.68. The van der Waals surface area contributed by atoms with Gasteiger partial charge in [-0.2, -0.15) is 0 Å². The van der Waals surface area contributed by atoms with E-state index in [1.54, 1.807) is 0 Å². The Morgan fingerprint density at radius 3 is 1.79 bits per heavy atom. The van der Waals surface area contributed by atoms with Crippen LogP contribution < -0.4 is 35.7 Å². The molecule has 5 aromatic rings. The van der Waals surface area contributed by atoms with Gasteiger partial charge in [-0.3, -0.25) is 0 Å². The predicted molar refractivity (Wildman–Crippen MR) is 222 cm³/mol. The van der Waals surface area contributed by atoms with Crippen LogP contribution in [0.2, 0.25) is 0 Å². The lowest BCUT2D eigenvalue weighted by atomic mass is 9.33. The Bertz CT molecular complexity index is 2410. The zero-order chi connectivity index (χ0) is 36.9. The predicted octanol–water partition coefficient (Wildman–Crippen LogP) is 9.97. The highest BCUT2D eigenvalue weighted by Gasteiger charge is 2.46. The van der Waals surface area contributed by atoms with Crippen molar-refractivity contribution in [3.05, 3.63) is 111 Å². The van der Waals surface area contributed by atoms with E-state index in [0.717, 1.165) is 37.2 Å². The van der Waals surface area contributed by atoms with E-state index in [-0.39, 0.29) is 29.8 Å². The standard InChI is InChI=1S/C48H51BN2O2/c1-27-13-40-44-41(14-27)51(45-28(2)15-34(16-29(45)3)46(4,5)6)39-21-43-42(52-26-53-43)20-37(39)49(44)36-18-32-24-48(9,10)25-33(32)19-38(36)50(40)35-12-11-30-22-47(7,8)23-31(30)17-35/h11-21H,22-26H2,1-10H3. The van der Waals surface area contributed by atoms with E-state index in [1.165, 1.54) is 95.0 Å². The minimum atomic E-state index is 0.0458. The number of nitrogens with zero attached hydrogens (tertiary/aromatic N) is 2.